The predicted molar refractivity (Wildman–Crippen MR) is 63.1 cm³/mol. The molecule has 0 aromatic rings. The number of hydrogen-bond donors (Lipinski definition) is 0. The molecule has 3 fully saturated rings. The summed E-state index contributed by atoms with van der Waals surface area (Å²) in [7, 11) is 0. The zero-order valence-corrected chi connectivity index (χ0v) is 10.2. The van der Waals surface area contributed by atoms with Crippen LogP contribution in [-0.4, -0.2) is 24.2 Å². The highest BCUT2D eigenvalue weighted by Gasteiger charge is 2.48. The molecule has 17 heavy (non-hydrogen) atoms. The first-order valence-corrected chi connectivity index (χ1v) is 6.34. The van der Waals surface area contributed by atoms with E-state index in [9.17, 15) is 9.59 Å². The molecule has 3 saturated carbocycles. The number of carbonyl (C=O) groups excluding carboxylic acids is 2. The molecule has 2 bridgehead atoms. The van der Waals surface area contributed by atoms with Gasteiger partial charge in [-0.3, -0.25) is 0 Å². The minimum Gasteiger partial charge on any atom is -0.211 e. The number of rotatable bonds is 4. The molecule has 0 spiro atoms. The van der Waals surface area contributed by atoms with Gasteiger partial charge < -0.3 is 0 Å². The molecule has 0 amide bonds. The zero-order valence-electron chi connectivity index (χ0n) is 10.2. The topological polar surface area (TPSA) is 58.9 Å². The molecule has 3 rings (SSSR count). The molecule has 4 nitrogen and oxygen atoms in total. The van der Waals surface area contributed by atoms with Crippen LogP contribution >= 0.6 is 0 Å². The van der Waals surface area contributed by atoms with Crippen LogP contribution in [0.1, 0.15) is 45.4 Å². The molecule has 2 unspecified atom stereocenters. The molecule has 0 N–H and O–H groups in total. The Morgan fingerprint density at radius 1 is 1.29 bits per heavy atom. The summed E-state index contributed by atoms with van der Waals surface area (Å²) in [6.45, 7) is 1.93. The molecule has 0 aromatic carbocycles. The maximum absolute atomic E-state index is 10.5. The first-order chi connectivity index (χ1) is 8.20. The smallest absolute Gasteiger partial charge is 0.211 e. The Hall–Kier alpha value is -1.24. The lowest BCUT2D eigenvalue weighted by molar-refractivity contribution is 0.0286. The summed E-state index contributed by atoms with van der Waals surface area (Å²) in [6, 6.07) is 0.0725. The van der Waals surface area contributed by atoms with Crippen LogP contribution in [0.5, 0.6) is 0 Å². The lowest BCUT2D eigenvalue weighted by Crippen LogP contribution is -2.46. The van der Waals surface area contributed by atoms with Crippen LogP contribution < -0.4 is 0 Å². The SMILES string of the molecule is CC(CC12CCC(CC1)CC2N=C=O)N=C=O. The summed E-state index contributed by atoms with van der Waals surface area (Å²) < 4.78 is 0. The van der Waals surface area contributed by atoms with Crippen molar-refractivity contribution in [3.8, 4) is 0 Å². The Morgan fingerprint density at radius 2 is 2.00 bits per heavy atom. The summed E-state index contributed by atoms with van der Waals surface area (Å²) in [5.41, 5.74) is 0.0753. The molecule has 0 heterocycles. The minimum absolute atomic E-state index is 0.0218. The summed E-state index contributed by atoms with van der Waals surface area (Å²) >= 11 is 0. The quantitative estimate of drug-likeness (QED) is 0.554. The molecule has 92 valence electrons. The highest BCUT2D eigenvalue weighted by Crippen LogP contribution is 2.54. The number of hydrogen-bond acceptors (Lipinski definition) is 4. The summed E-state index contributed by atoms with van der Waals surface area (Å²) in [6.07, 6.45) is 9.85. The number of fused-ring (bicyclic) bond motifs is 3. The second kappa shape index (κ2) is 4.95. The van der Waals surface area contributed by atoms with Gasteiger partial charge in [-0.25, -0.2) is 19.6 Å². The second-order valence-corrected chi connectivity index (χ2v) is 5.55. The van der Waals surface area contributed by atoms with Gasteiger partial charge in [0, 0.05) is 0 Å². The molecule has 0 radical (unpaired) electrons. The van der Waals surface area contributed by atoms with Crippen molar-refractivity contribution in [1.29, 1.82) is 0 Å². The van der Waals surface area contributed by atoms with Crippen molar-refractivity contribution >= 4 is 12.2 Å². The van der Waals surface area contributed by atoms with Crippen molar-refractivity contribution in [1.82, 2.24) is 0 Å². The third-order valence-electron chi connectivity index (χ3n) is 4.55. The third kappa shape index (κ3) is 2.38. The lowest BCUT2D eigenvalue weighted by Gasteiger charge is -2.50. The van der Waals surface area contributed by atoms with E-state index in [2.05, 4.69) is 9.98 Å². The lowest BCUT2D eigenvalue weighted by atomic mass is 9.56. The van der Waals surface area contributed by atoms with Gasteiger partial charge in [-0.15, -0.1) is 0 Å². The first-order valence-electron chi connectivity index (χ1n) is 6.34. The van der Waals surface area contributed by atoms with Crippen molar-refractivity contribution in [3.63, 3.8) is 0 Å². The van der Waals surface area contributed by atoms with Crippen LogP contribution in [0.25, 0.3) is 0 Å². The Kier molecular flexibility index (Phi) is 3.56. The van der Waals surface area contributed by atoms with Gasteiger partial charge in [-0.1, -0.05) is 0 Å². The average Bonchev–Trinajstić information content (AvgIpc) is 2.31. The van der Waals surface area contributed by atoms with Gasteiger partial charge >= 0.3 is 0 Å². The van der Waals surface area contributed by atoms with Crippen molar-refractivity contribution in [2.24, 2.45) is 21.3 Å². The van der Waals surface area contributed by atoms with E-state index in [4.69, 9.17) is 0 Å². The van der Waals surface area contributed by atoms with Crippen LogP contribution in [0.3, 0.4) is 0 Å². The summed E-state index contributed by atoms with van der Waals surface area (Å²) in [5, 5.41) is 0. The van der Waals surface area contributed by atoms with Gasteiger partial charge in [-0.05, 0) is 56.8 Å². The molecule has 3 aliphatic carbocycles. The Balaban J connectivity index is 2.17. The van der Waals surface area contributed by atoms with E-state index in [1.54, 1.807) is 12.2 Å². The van der Waals surface area contributed by atoms with Gasteiger partial charge in [0.15, 0.2) is 0 Å². The van der Waals surface area contributed by atoms with Gasteiger partial charge in [0.1, 0.15) is 0 Å². The molecule has 0 aromatic heterocycles. The van der Waals surface area contributed by atoms with E-state index in [0.29, 0.717) is 0 Å². The molecule has 0 saturated heterocycles. The number of aliphatic imine (C=N–C) groups is 2. The van der Waals surface area contributed by atoms with Crippen molar-refractivity contribution in [2.45, 2.75) is 57.5 Å². The fraction of sp³-hybridized carbons (Fsp3) is 0.846. The standard InChI is InChI=1S/C13H18N2O2/c1-10(14-8-16)7-13-4-2-11(3-5-13)6-12(13)15-9-17/h10-12H,2-7H2,1H3. The van der Waals surface area contributed by atoms with Gasteiger partial charge in [0.25, 0.3) is 0 Å². The van der Waals surface area contributed by atoms with Gasteiger partial charge in [0.05, 0.1) is 12.1 Å². The summed E-state index contributed by atoms with van der Waals surface area (Å²) in [5.74, 6) is 0.726. The minimum atomic E-state index is -0.0218. The highest BCUT2D eigenvalue weighted by atomic mass is 16.1. The molecular weight excluding hydrogens is 216 g/mol. The van der Waals surface area contributed by atoms with Crippen LogP contribution in [0.15, 0.2) is 9.98 Å². The van der Waals surface area contributed by atoms with E-state index >= 15 is 0 Å². The number of nitrogens with zero attached hydrogens (tertiary/aromatic N) is 2. The normalized spacial score (nSPS) is 36.8. The first kappa shape index (κ1) is 12.2. The third-order valence-corrected chi connectivity index (χ3v) is 4.55. The van der Waals surface area contributed by atoms with Crippen molar-refractivity contribution in [3.05, 3.63) is 0 Å². The maximum atomic E-state index is 10.5. The largest absolute Gasteiger partial charge is 0.235 e. The molecule has 2 atom stereocenters. The monoisotopic (exact) mass is 234 g/mol. The Morgan fingerprint density at radius 3 is 2.59 bits per heavy atom. The molecule has 3 aliphatic rings. The molecule has 0 aliphatic heterocycles. The average molecular weight is 234 g/mol. The Labute approximate surface area is 101 Å². The van der Waals surface area contributed by atoms with Crippen LogP contribution in [0.4, 0.5) is 0 Å². The van der Waals surface area contributed by atoms with E-state index in [1.165, 1.54) is 12.8 Å². The fourth-order valence-electron chi connectivity index (χ4n) is 3.70. The number of isocyanates is 2. The van der Waals surface area contributed by atoms with Gasteiger partial charge in [-0.2, -0.15) is 0 Å². The Bertz CT molecular complexity index is 373. The zero-order chi connectivity index (χ0) is 12.3. The molecule has 4 heteroatoms. The van der Waals surface area contributed by atoms with E-state index in [1.807, 2.05) is 6.92 Å². The molecular formula is C13H18N2O2. The van der Waals surface area contributed by atoms with E-state index in [0.717, 1.165) is 31.6 Å². The maximum Gasteiger partial charge on any atom is 0.235 e. The second-order valence-electron chi connectivity index (χ2n) is 5.55. The highest BCUT2D eigenvalue weighted by molar-refractivity contribution is 5.35. The van der Waals surface area contributed by atoms with Crippen molar-refractivity contribution < 1.29 is 9.59 Å². The van der Waals surface area contributed by atoms with Crippen LogP contribution in [0, 0.1) is 11.3 Å². The van der Waals surface area contributed by atoms with Crippen LogP contribution in [-0.2, 0) is 9.59 Å². The summed E-state index contributed by atoms with van der Waals surface area (Å²) in [4.78, 5) is 28.6. The fourth-order valence-corrected chi connectivity index (χ4v) is 3.70. The van der Waals surface area contributed by atoms with Crippen LogP contribution in [0.2, 0.25) is 0 Å². The van der Waals surface area contributed by atoms with E-state index in [-0.39, 0.29) is 17.5 Å². The van der Waals surface area contributed by atoms with Gasteiger partial charge in [0.2, 0.25) is 12.2 Å². The predicted octanol–water partition coefficient (Wildman–Crippen LogP) is 2.39. The van der Waals surface area contributed by atoms with E-state index < -0.39 is 0 Å². The van der Waals surface area contributed by atoms with Crippen molar-refractivity contribution in [2.75, 3.05) is 0 Å².